The SMILES string of the molecule is COc1ccc(C2c3[nH]c4ccccc4c3CCN2Cc2ncc(C)[nH]2)cc1C. The summed E-state index contributed by atoms with van der Waals surface area (Å²) in [6, 6.07) is 15.3. The number of ether oxygens (including phenoxy) is 1. The first-order valence-electron chi connectivity index (χ1n) is 10.1. The maximum absolute atomic E-state index is 5.49. The number of nitrogens with one attached hydrogen (secondary N) is 2. The largest absolute Gasteiger partial charge is 0.496 e. The van der Waals surface area contributed by atoms with Crippen LogP contribution in [0, 0.1) is 13.8 Å². The van der Waals surface area contributed by atoms with Crippen molar-refractivity contribution in [3.63, 3.8) is 0 Å². The number of hydrogen-bond donors (Lipinski definition) is 2. The van der Waals surface area contributed by atoms with Gasteiger partial charge in [-0.15, -0.1) is 0 Å². The summed E-state index contributed by atoms with van der Waals surface area (Å²) < 4.78 is 5.49. The molecule has 3 heterocycles. The summed E-state index contributed by atoms with van der Waals surface area (Å²) in [6.45, 7) is 5.94. The van der Waals surface area contributed by atoms with Crippen molar-refractivity contribution in [2.75, 3.05) is 13.7 Å². The van der Waals surface area contributed by atoms with Gasteiger partial charge in [-0.2, -0.15) is 0 Å². The van der Waals surface area contributed by atoms with E-state index in [1.54, 1.807) is 7.11 Å². The van der Waals surface area contributed by atoms with Crippen molar-refractivity contribution in [3.8, 4) is 5.75 Å². The predicted molar refractivity (Wildman–Crippen MR) is 115 cm³/mol. The molecule has 1 atom stereocenters. The third-order valence-electron chi connectivity index (χ3n) is 5.98. The molecule has 5 nitrogen and oxygen atoms in total. The Hall–Kier alpha value is -3.05. The molecule has 0 radical (unpaired) electrons. The van der Waals surface area contributed by atoms with Gasteiger partial charge in [-0.1, -0.05) is 30.3 Å². The van der Waals surface area contributed by atoms with Crippen molar-refractivity contribution in [3.05, 3.63) is 82.6 Å². The number of methoxy groups -OCH3 is 1. The highest BCUT2D eigenvalue weighted by Crippen LogP contribution is 2.39. The number of hydrogen-bond acceptors (Lipinski definition) is 3. The first kappa shape index (κ1) is 18.0. The molecule has 2 N–H and O–H groups in total. The van der Waals surface area contributed by atoms with Crippen LogP contribution in [-0.4, -0.2) is 33.5 Å². The van der Waals surface area contributed by atoms with Crippen molar-refractivity contribution < 1.29 is 4.74 Å². The van der Waals surface area contributed by atoms with E-state index in [1.807, 2.05) is 13.1 Å². The summed E-state index contributed by atoms with van der Waals surface area (Å²) in [5, 5.41) is 1.34. The molecule has 0 aliphatic carbocycles. The fourth-order valence-electron chi connectivity index (χ4n) is 4.65. The lowest BCUT2D eigenvalue weighted by Crippen LogP contribution is -2.36. The van der Waals surface area contributed by atoms with Gasteiger partial charge in [-0.3, -0.25) is 4.90 Å². The van der Waals surface area contributed by atoms with E-state index in [0.717, 1.165) is 42.3 Å². The summed E-state index contributed by atoms with van der Waals surface area (Å²) in [4.78, 5) is 14.2. The van der Waals surface area contributed by atoms with E-state index >= 15 is 0 Å². The Bertz CT molecular complexity index is 1170. The van der Waals surface area contributed by atoms with Crippen LogP contribution in [0.15, 0.2) is 48.7 Å². The second kappa shape index (κ2) is 7.08. The number of aryl methyl sites for hydroxylation is 2. The van der Waals surface area contributed by atoms with Gasteiger partial charge < -0.3 is 14.7 Å². The molecule has 2 aromatic carbocycles. The van der Waals surface area contributed by atoms with Crippen LogP contribution >= 0.6 is 0 Å². The molecule has 0 saturated carbocycles. The third kappa shape index (κ3) is 3.12. The fraction of sp³-hybridized carbons (Fsp3) is 0.292. The van der Waals surface area contributed by atoms with E-state index in [9.17, 15) is 0 Å². The highest BCUT2D eigenvalue weighted by atomic mass is 16.5. The summed E-state index contributed by atoms with van der Waals surface area (Å²) in [5.74, 6) is 1.94. The monoisotopic (exact) mass is 386 g/mol. The number of aromatic amines is 2. The van der Waals surface area contributed by atoms with Gasteiger partial charge >= 0.3 is 0 Å². The van der Waals surface area contributed by atoms with E-state index < -0.39 is 0 Å². The zero-order valence-electron chi connectivity index (χ0n) is 17.1. The minimum atomic E-state index is 0.154. The molecule has 0 amide bonds. The first-order chi connectivity index (χ1) is 14.1. The number of H-pyrrole nitrogens is 2. The quantitative estimate of drug-likeness (QED) is 0.536. The lowest BCUT2D eigenvalue weighted by Gasteiger charge is -2.36. The molecule has 1 aliphatic rings. The average molecular weight is 386 g/mol. The molecular formula is C24H26N4O. The van der Waals surface area contributed by atoms with Gasteiger partial charge in [-0.25, -0.2) is 4.98 Å². The minimum Gasteiger partial charge on any atom is -0.496 e. The Labute approximate surface area is 170 Å². The molecule has 5 rings (SSSR count). The van der Waals surface area contributed by atoms with E-state index in [4.69, 9.17) is 4.74 Å². The van der Waals surface area contributed by atoms with E-state index in [-0.39, 0.29) is 6.04 Å². The van der Waals surface area contributed by atoms with E-state index in [2.05, 4.69) is 69.2 Å². The van der Waals surface area contributed by atoms with Gasteiger partial charge in [0.25, 0.3) is 0 Å². The maximum atomic E-state index is 5.49. The molecule has 0 spiro atoms. The van der Waals surface area contributed by atoms with Gasteiger partial charge in [0.15, 0.2) is 0 Å². The highest BCUT2D eigenvalue weighted by molar-refractivity contribution is 5.85. The molecule has 0 fully saturated rings. The van der Waals surface area contributed by atoms with Gasteiger partial charge in [0, 0.05) is 35.0 Å². The molecule has 1 aliphatic heterocycles. The van der Waals surface area contributed by atoms with Crippen LogP contribution in [-0.2, 0) is 13.0 Å². The molecule has 4 aromatic rings. The molecule has 29 heavy (non-hydrogen) atoms. The molecule has 5 heteroatoms. The molecule has 0 saturated heterocycles. The normalized spacial score (nSPS) is 16.9. The molecule has 1 unspecified atom stereocenters. The number of rotatable bonds is 4. The molecule has 0 bridgehead atoms. The first-order valence-corrected chi connectivity index (χ1v) is 10.1. The number of benzene rings is 2. The van der Waals surface area contributed by atoms with Gasteiger partial charge in [0.1, 0.15) is 11.6 Å². The molecule has 148 valence electrons. The zero-order chi connectivity index (χ0) is 20.0. The number of para-hydroxylation sites is 1. The summed E-state index contributed by atoms with van der Waals surface area (Å²) in [5.41, 5.74) is 7.47. The number of imidazole rings is 1. The number of fused-ring (bicyclic) bond motifs is 3. The average Bonchev–Trinajstić information content (AvgIpc) is 3.30. The van der Waals surface area contributed by atoms with Crippen LogP contribution in [0.1, 0.15) is 39.9 Å². The van der Waals surface area contributed by atoms with Gasteiger partial charge in [0.2, 0.25) is 0 Å². The van der Waals surface area contributed by atoms with Crippen LogP contribution in [0.4, 0.5) is 0 Å². The maximum Gasteiger partial charge on any atom is 0.121 e. The van der Waals surface area contributed by atoms with Crippen molar-refractivity contribution in [2.45, 2.75) is 32.9 Å². The third-order valence-corrected chi connectivity index (χ3v) is 5.98. The Morgan fingerprint density at radius 1 is 1.14 bits per heavy atom. The number of nitrogens with zero attached hydrogens (tertiary/aromatic N) is 2. The molecule has 2 aromatic heterocycles. The van der Waals surface area contributed by atoms with Crippen molar-refractivity contribution in [1.82, 2.24) is 19.9 Å². The fourth-order valence-corrected chi connectivity index (χ4v) is 4.65. The van der Waals surface area contributed by atoms with Crippen molar-refractivity contribution >= 4 is 10.9 Å². The summed E-state index contributed by atoms with van der Waals surface area (Å²) in [7, 11) is 1.73. The molecular weight excluding hydrogens is 360 g/mol. The Balaban J connectivity index is 1.63. The van der Waals surface area contributed by atoms with Gasteiger partial charge in [-0.05, 0) is 49.1 Å². The summed E-state index contributed by atoms with van der Waals surface area (Å²) in [6.07, 6.45) is 2.94. The van der Waals surface area contributed by atoms with Gasteiger partial charge in [0.05, 0.1) is 19.7 Å². The predicted octanol–water partition coefficient (Wildman–Crippen LogP) is 4.66. The Kier molecular flexibility index (Phi) is 4.40. The van der Waals surface area contributed by atoms with Crippen molar-refractivity contribution in [2.24, 2.45) is 0 Å². The smallest absolute Gasteiger partial charge is 0.121 e. The summed E-state index contributed by atoms with van der Waals surface area (Å²) >= 11 is 0. The lowest BCUT2D eigenvalue weighted by molar-refractivity contribution is 0.197. The van der Waals surface area contributed by atoms with Crippen LogP contribution in [0.25, 0.3) is 10.9 Å². The van der Waals surface area contributed by atoms with Crippen molar-refractivity contribution in [1.29, 1.82) is 0 Å². The minimum absolute atomic E-state index is 0.154. The van der Waals surface area contributed by atoms with Crippen LogP contribution in [0.3, 0.4) is 0 Å². The van der Waals surface area contributed by atoms with E-state index in [1.165, 1.54) is 27.7 Å². The topological polar surface area (TPSA) is 56.9 Å². The highest BCUT2D eigenvalue weighted by Gasteiger charge is 2.32. The zero-order valence-corrected chi connectivity index (χ0v) is 17.1. The Morgan fingerprint density at radius 2 is 2.00 bits per heavy atom. The second-order valence-corrected chi connectivity index (χ2v) is 7.93. The Morgan fingerprint density at radius 3 is 2.76 bits per heavy atom. The lowest BCUT2D eigenvalue weighted by atomic mass is 9.91. The second-order valence-electron chi connectivity index (χ2n) is 7.93. The van der Waals surface area contributed by atoms with Crippen LogP contribution in [0.2, 0.25) is 0 Å². The van der Waals surface area contributed by atoms with Crippen LogP contribution in [0.5, 0.6) is 5.75 Å². The number of aromatic nitrogens is 3. The standard InChI is InChI=1S/C24H26N4O/c1-15-12-17(8-9-21(15)29-3)24-23-19(18-6-4-5-7-20(18)27-23)10-11-28(24)14-22-25-13-16(2)26-22/h4-9,12-13,24,27H,10-11,14H2,1-3H3,(H,25,26). The van der Waals surface area contributed by atoms with E-state index in [0.29, 0.717) is 0 Å². The van der Waals surface area contributed by atoms with Crippen LogP contribution < -0.4 is 4.74 Å².